The van der Waals surface area contributed by atoms with Gasteiger partial charge in [0, 0.05) is 17.4 Å². The van der Waals surface area contributed by atoms with Crippen LogP contribution in [0.2, 0.25) is 0 Å². The van der Waals surface area contributed by atoms with E-state index in [0.717, 1.165) is 0 Å². The molecule has 0 spiro atoms. The molecule has 0 aliphatic carbocycles. The zero-order chi connectivity index (χ0) is 16.7. The summed E-state index contributed by atoms with van der Waals surface area (Å²) in [5.74, 6) is -1.74. The number of halogens is 3. The van der Waals surface area contributed by atoms with Crippen molar-refractivity contribution in [2.45, 2.75) is 32.0 Å². The summed E-state index contributed by atoms with van der Waals surface area (Å²) in [6.45, 7) is -2.97. The Kier molecular flexibility index (Phi) is 4.05. The number of carbonyl (C=O) groups is 3. The van der Waals surface area contributed by atoms with Gasteiger partial charge in [0.25, 0.3) is 5.91 Å². The highest BCUT2D eigenvalue weighted by atomic mass is 79.9. The molecule has 0 bridgehead atoms. The van der Waals surface area contributed by atoms with Crippen LogP contribution in [-0.2, 0) is 16.1 Å². The van der Waals surface area contributed by atoms with Gasteiger partial charge in [0.1, 0.15) is 11.8 Å². The molecule has 3 amide bonds. The SMILES string of the molecule is O=C1CCC(N2Cc3cc(Br)cc(OC(F)F)c3C2=O)C(=O)N1. The minimum atomic E-state index is -3.06. The Labute approximate surface area is 137 Å². The third-order valence-corrected chi connectivity index (χ3v) is 4.22. The Hall–Kier alpha value is -2.03. The van der Waals surface area contributed by atoms with Crippen LogP contribution < -0.4 is 10.1 Å². The third kappa shape index (κ3) is 2.92. The number of benzene rings is 1. The van der Waals surface area contributed by atoms with E-state index in [0.29, 0.717) is 10.0 Å². The predicted octanol–water partition coefficient (Wildman–Crippen LogP) is 1.81. The average Bonchev–Trinajstić information content (AvgIpc) is 2.75. The fraction of sp³-hybridized carbons (Fsp3) is 0.357. The van der Waals surface area contributed by atoms with Crippen LogP contribution in [0.25, 0.3) is 0 Å². The fourth-order valence-corrected chi connectivity index (χ4v) is 3.31. The monoisotopic (exact) mass is 388 g/mol. The van der Waals surface area contributed by atoms with Gasteiger partial charge in [0.15, 0.2) is 0 Å². The average molecular weight is 389 g/mol. The number of hydrogen-bond acceptors (Lipinski definition) is 4. The molecule has 2 aliphatic heterocycles. The molecular formula is C14H11BrF2N2O4. The van der Waals surface area contributed by atoms with E-state index >= 15 is 0 Å². The number of nitrogens with one attached hydrogen (secondary N) is 1. The van der Waals surface area contributed by atoms with E-state index in [1.54, 1.807) is 6.07 Å². The molecule has 1 aromatic rings. The summed E-state index contributed by atoms with van der Waals surface area (Å²) < 4.78 is 30.0. The van der Waals surface area contributed by atoms with Gasteiger partial charge in [-0.3, -0.25) is 19.7 Å². The van der Waals surface area contributed by atoms with Crippen molar-refractivity contribution in [2.75, 3.05) is 0 Å². The molecule has 1 atom stereocenters. The van der Waals surface area contributed by atoms with Crippen molar-refractivity contribution < 1.29 is 27.9 Å². The van der Waals surface area contributed by atoms with Crippen molar-refractivity contribution >= 4 is 33.7 Å². The number of carbonyl (C=O) groups excluding carboxylic acids is 3. The largest absolute Gasteiger partial charge is 0.434 e. The van der Waals surface area contributed by atoms with Gasteiger partial charge in [-0.2, -0.15) is 8.78 Å². The van der Waals surface area contributed by atoms with Gasteiger partial charge in [0.05, 0.1) is 5.56 Å². The standard InChI is InChI=1S/C14H11BrF2N2O4/c15-7-3-6-5-19(8-1-2-10(20)18-12(8)21)13(22)11(6)9(4-7)23-14(16)17/h3-4,8,14H,1-2,5H2,(H,18,20,21). The van der Waals surface area contributed by atoms with Gasteiger partial charge in [-0.25, -0.2) is 0 Å². The van der Waals surface area contributed by atoms with Gasteiger partial charge in [-0.15, -0.1) is 0 Å². The van der Waals surface area contributed by atoms with Crippen LogP contribution >= 0.6 is 15.9 Å². The van der Waals surface area contributed by atoms with E-state index < -0.39 is 24.5 Å². The molecule has 9 heteroatoms. The lowest BCUT2D eigenvalue weighted by Crippen LogP contribution is -2.52. The summed E-state index contributed by atoms with van der Waals surface area (Å²) in [6, 6.07) is 2.11. The van der Waals surface area contributed by atoms with Crippen molar-refractivity contribution in [3.8, 4) is 5.75 Å². The molecule has 0 radical (unpaired) electrons. The maximum absolute atomic E-state index is 12.6. The van der Waals surface area contributed by atoms with E-state index in [4.69, 9.17) is 0 Å². The number of amides is 3. The molecule has 23 heavy (non-hydrogen) atoms. The Morgan fingerprint density at radius 1 is 1.30 bits per heavy atom. The van der Waals surface area contributed by atoms with E-state index in [2.05, 4.69) is 26.0 Å². The molecule has 0 aromatic heterocycles. The molecule has 1 fully saturated rings. The van der Waals surface area contributed by atoms with Crippen LogP contribution in [0.15, 0.2) is 16.6 Å². The predicted molar refractivity (Wildman–Crippen MR) is 76.8 cm³/mol. The summed E-state index contributed by atoms with van der Waals surface area (Å²) in [5.41, 5.74) is 0.517. The summed E-state index contributed by atoms with van der Waals surface area (Å²) in [5, 5.41) is 2.18. The van der Waals surface area contributed by atoms with Crippen molar-refractivity contribution in [2.24, 2.45) is 0 Å². The van der Waals surface area contributed by atoms with Gasteiger partial charge < -0.3 is 9.64 Å². The number of fused-ring (bicyclic) bond motifs is 1. The van der Waals surface area contributed by atoms with Crippen LogP contribution in [0.5, 0.6) is 5.75 Å². The van der Waals surface area contributed by atoms with Crippen LogP contribution in [0, 0.1) is 0 Å². The minimum absolute atomic E-state index is 0.0261. The molecule has 1 unspecified atom stereocenters. The van der Waals surface area contributed by atoms with E-state index in [1.165, 1.54) is 11.0 Å². The third-order valence-electron chi connectivity index (χ3n) is 3.77. The number of rotatable bonds is 3. The first-order valence-electron chi connectivity index (χ1n) is 6.78. The molecule has 122 valence electrons. The molecule has 1 saturated heterocycles. The van der Waals surface area contributed by atoms with Crippen LogP contribution in [0.3, 0.4) is 0 Å². The van der Waals surface area contributed by atoms with Crippen LogP contribution in [-0.4, -0.2) is 35.3 Å². The lowest BCUT2D eigenvalue weighted by atomic mass is 10.0. The van der Waals surface area contributed by atoms with Gasteiger partial charge >= 0.3 is 6.61 Å². The second-order valence-electron chi connectivity index (χ2n) is 5.22. The summed E-state index contributed by atoms with van der Waals surface area (Å²) in [6.07, 6.45) is 0.331. The number of imide groups is 1. The smallest absolute Gasteiger partial charge is 0.387 e. The topological polar surface area (TPSA) is 75.7 Å². The van der Waals surface area contributed by atoms with Crippen LogP contribution in [0.1, 0.15) is 28.8 Å². The van der Waals surface area contributed by atoms with Gasteiger partial charge in [-0.05, 0) is 24.1 Å². The quantitative estimate of drug-likeness (QED) is 0.801. The molecule has 1 N–H and O–H groups in total. The van der Waals surface area contributed by atoms with Crippen LogP contribution in [0.4, 0.5) is 8.78 Å². The van der Waals surface area contributed by atoms with E-state index in [9.17, 15) is 23.2 Å². The van der Waals surface area contributed by atoms with Gasteiger partial charge in [0.2, 0.25) is 11.8 Å². The lowest BCUT2D eigenvalue weighted by Gasteiger charge is -2.29. The maximum Gasteiger partial charge on any atom is 0.387 e. The zero-order valence-electron chi connectivity index (χ0n) is 11.6. The van der Waals surface area contributed by atoms with Gasteiger partial charge in [-0.1, -0.05) is 15.9 Å². The molecule has 6 nitrogen and oxygen atoms in total. The summed E-state index contributed by atoms with van der Waals surface area (Å²) >= 11 is 3.18. The number of nitrogens with zero attached hydrogens (tertiary/aromatic N) is 1. The highest BCUT2D eigenvalue weighted by Crippen LogP contribution is 2.36. The molecule has 1 aromatic carbocycles. The first-order valence-corrected chi connectivity index (χ1v) is 7.58. The molecule has 0 saturated carbocycles. The Balaban J connectivity index is 1.93. The number of alkyl halides is 2. The fourth-order valence-electron chi connectivity index (χ4n) is 2.82. The Morgan fingerprint density at radius 3 is 2.70 bits per heavy atom. The summed E-state index contributed by atoms with van der Waals surface area (Å²) in [7, 11) is 0. The maximum atomic E-state index is 12.6. The number of ether oxygens (including phenoxy) is 1. The van der Waals surface area contributed by atoms with E-state index in [1.807, 2.05) is 0 Å². The van der Waals surface area contributed by atoms with Crippen molar-refractivity contribution in [1.82, 2.24) is 10.2 Å². The molecular weight excluding hydrogens is 378 g/mol. The number of piperidine rings is 1. The van der Waals surface area contributed by atoms with E-state index in [-0.39, 0.29) is 36.6 Å². The van der Waals surface area contributed by atoms with Crippen molar-refractivity contribution in [3.05, 3.63) is 27.7 Å². The number of hydrogen-bond donors (Lipinski definition) is 1. The zero-order valence-corrected chi connectivity index (χ0v) is 13.2. The summed E-state index contributed by atoms with van der Waals surface area (Å²) in [4.78, 5) is 37.0. The molecule has 2 aliphatic rings. The molecule has 2 heterocycles. The second kappa shape index (κ2) is 5.88. The van der Waals surface area contributed by atoms with Crippen molar-refractivity contribution in [1.29, 1.82) is 0 Å². The minimum Gasteiger partial charge on any atom is -0.434 e. The highest BCUT2D eigenvalue weighted by molar-refractivity contribution is 9.10. The van der Waals surface area contributed by atoms with Crippen molar-refractivity contribution in [3.63, 3.8) is 0 Å². The first-order chi connectivity index (χ1) is 10.9. The first kappa shape index (κ1) is 15.9. The highest BCUT2D eigenvalue weighted by Gasteiger charge is 2.41. The normalized spacial score (nSPS) is 20.8. The lowest BCUT2D eigenvalue weighted by molar-refractivity contribution is -0.136. The Bertz CT molecular complexity index is 710. The second-order valence-corrected chi connectivity index (χ2v) is 6.13. The molecule has 3 rings (SSSR count). The Morgan fingerprint density at radius 2 is 2.04 bits per heavy atom.